The predicted octanol–water partition coefficient (Wildman–Crippen LogP) is 2.48. The summed E-state index contributed by atoms with van der Waals surface area (Å²) in [5, 5.41) is 8.79. The molecule has 15 heavy (non-hydrogen) atoms. The third kappa shape index (κ3) is 3.09. The van der Waals surface area contributed by atoms with Gasteiger partial charge in [0, 0.05) is 0 Å². The van der Waals surface area contributed by atoms with Crippen LogP contribution in [0.4, 0.5) is 4.39 Å². The molecule has 0 atom stereocenters. The smallest absolute Gasteiger partial charge is 0.339 e. The summed E-state index contributed by atoms with van der Waals surface area (Å²) in [5.41, 5.74) is 0.576. The van der Waals surface area contributed by atoms with Gasteiger partial charge in [0.15, 0.2) is 0 Å². The topological polar surface area (TPSA) is 46.5 Å². The number of hydrogen-bond acceptors (Lipinski definition) is 2. The van der Waals surface area contributed by atoms with Gasteiger partial charge >= 0.3 is 5.97 Å². The second-order valence-electron chi connectivity index (χ2n) is 3.19. The van der Waals surface area contributed by atoms with Crippen molar-refractivity contribution in [3.8, 4) is 5.75 Å². The summed E-state index contributed by atoms with van der Waals surface area (Å²) in [6.07, 6.45) is 0. The predicted molar refractivity (Wildman–Crippen MR) is 53.7 cm³/mol. The lowest BCUT2D eigenvalue weighted by atomic mass is 10.2. The molecule has 0 fully saturated rings. The van der Waals surface area contributed by atoms with Crippen molar-refractivity contribution in [1.29, 1.82) is 0 Å². The molecule has 0 aliphatic carbocycles. The van der Waals surface area contributed by atoms with Crippen LogP contribution >= 0.6 is 0 Å². The van der Waals surface area contributed by atoms with Crippen molar-refractivity contribution in [1.82, 2.24) is 0 Å². The van der Waals surface area contributed by atoms with Gasteiger partial charge in [-0.15, -0.1) is 0 Å². The lowest BCUT2D eigenvalue weighted by Gasteiger charge is -2.08. The molecule has 0 spiro atoms. The zero-order valence-corrected chi connectivity index (χ0v) is 8.29. The Labute approximate surface area is 86.8 Å². The highest BCUT2D eigenvalue weighted by atomic mass is 19.1. The third-order valence-corrected chi connectivity index (χ3v) is 1.65. The number of aromatic carboxylic acids is 1. The van der Waals surface area contributed by atoms with E-state index in [-0.39, 0.29) is 17.9 Å². The van der Waals surface area contributed by atoms with Crippen LogP contribution in [-0.2, 0) is 0 Å². The monoisotopic (exact) mass is 210 g/mol. The van der Waals surface area contributed by atoms with Crippen LogP contribution in [0.2, 0.25) is 0 Å². The number of carboxylic acids is 1. The number of benzene rings is 1. The highest BCUT2D eigenvalue weighted by molar-refractivity contribution is 5.90. The number of ether oxygens (including phenoxy) is 1. The van der Waals surface area contributed by atoms with Gasteiger partial charge in [0.1, 0.15) is 23.7 Å². The van der Waals surface area contributed by atoms with Gasteiger partial charge in [-0.1, -0.05) is 6.58 Å². The summed E-state index contributed by atoms with van der Waals surface area (Å²) < 4.78 is 17.9. The first-order valence-electron chi connectivity index (χ1n) is 4.30. The van der Waals surface area contributed by atoms with E-state index in [2.05, 4.69) is 6.58 Å². The van der Waals surface area contributed by atoms with E-state index in [0.717, 1.165) is 17.7 Å². The van der Waals surface area contributed by atoms with Crippen molar-refractivity contribution in [3.05, 3.63) is 41.7 Å². The molecule has 0 aromatic heterocycles. The normalized spacial score (nSPS) is 9.73. The average molecular weight is 210 g/mol. The fourth-order valence-electron chi connectivity index (χ4n) is 0.996. The second-order valence-corrected chi connectivity index (χ2v) is 3.19. The standard InChI is InChI=1S/C11H11FO3/c1-7(2)6-15-10-4-3-8(12)5-9(10)11(13)14/h3-5H,1,6H2,2H3,(H,13,14). The van der Waals surface area contributed by atoms with E-state index in [0.29, 0.717) is 0 Å². The first-order valence-corrected chi connectivity index (χ1v) is 4.30. The second kappa shape index (κ2) is 4.59. The summed E-state index contributed by atoms with van der Waals surface area (Å²) in [6.45, 7) is 5.58. The van der Waals surface area contributed by atoms with E-state index >= 15 is 0 Å². The molecule has 0 amide bonds. The van der Waals surface area contributed by atoms with Crippen LogP contribution in [0.15, 0.2) is 30.4 Å². The van der Waals surface area contributed by atoms with Gasteiger partial charge in [0.2, 0.25) is 0 Å². The molecule has 0 heterocycles. The minimum absolute atomic E-state index is 0.145. The Balaban J connectivity index is 2.95. The summed E-state index contributed by atoms with van der Waals surface area (Å²) >= 11 is 0. The van der Waals surface area contributed by atoms with Crippen LogP contribution in [-0.4, -0.2) is 17.7 Å². The fraction of sp³-hybridized carbons (Fsp3) is 0.182. The minimum atomic E-state index is -1.22. The summed E-state index contributed by atoms with van der Waals surface area (Å²) in [7, 11) is 0. The lowest BCUT2D eigenvalue weighted by molar-refractivity contribution is 0.0692. The van der Waals surface area contributed by atoms with Gasteiger partial charge in [-0.05, 0) is 30.7 Å². The largest absolute Gasteiger partial charge is 0.488 e. The maximum atomic E-state index is 12.8. The van der Waals surface area contributed by atoms with Gasteiger partial charge < -0.3 is 9.84 Å². The molecule has 0 radical (unpaired) electrons. The molecule has 1 N–H and O–H groups in total. The van der Waals surface area contributed by atoms with Crippen LogP contribution in [0.25, 0.3) is 0 Å². The summed E-state index contributed by atoms with van der Waals surface area (Å²) in [6, 6.07) is 3.37. The van der Waals surface area contributed by atoms with Crippen LogP contribution in [0.3, 0.4) is 0 Å². The minimum Gasteiger partial charge on any atom is -0.488 e. The summed E-state index contributed by atoms with van der Waals surface area (Å²) in [4.78, 5) is 10.7. The maximum Gasteiger partial charge on any atom is 0.339 e. The molecule has 0 aliphatic heterocycles. The van der Waals surface area contributed by atoms with Crippen LogP contribution in [0, 0.1) is 5.82 Å². The van der Waals surface area contributed by atoms with Crippen molar-refractivity contribution in [2.75, 3.05) is 6.61 Å². The number of hydrogen-bond donors (Lipinski definition) is 1. The molecule has 4 heteroatoms. The first-order chi connectivity index (χ1) is 7.00. The molecule has 80 valence electrons. The van der Waals surface area contributed by atoms with Gasteiger partial charge in [0.25, 0.3) is 0 Å². The molecular weight excluding hydrogens is 199 g/mol. The van der Waals surface area contributed by atoms with E-state index in [9.17, 15) is 9.18 Å². The van der Waals surface area contributed by atoms with E-state index in [1.165, 1.54) is 6.07 Å². The van der Waals surface area contributed by atoms with Gasteiger partial charge in [-0.3, -0.25) is 0 Å². The van der Waals surface area contributed by atoms with Crippen LogP contribution in [0.5, 0.6) is 5.75 Å². The van der Waals surface area contributed by atoms with Gasteiger partial charge in [-0.25, -0.2) is 9.18 Å². The van der Waals surface area contributed by atoms with Crippen LogP contribution in [0.1, 0.15) is 17.3 Å². The fourth-order valence-corrected chi connectivity index (χ4v) is 0.996. The quantitative estimate of drug-likeness (QED) is 0.776. The average Bonchev–Trinajstić information content (AvgIpc) is 2.15. The highest BCUT2D eigenvalue weighted by Gasteiger charge is 2.12. The number of rotatable bonds is 4. The molecule has 0 saturated carbocycles. The van der Waals surface area contributed by atoms with Crippen LogP contribution < -0.4 is 4.74 Å². The Morgan fingerprint density at radius 3 is 2.80 bits per heavy atom. The zero-order chi connectivity index (χ0) is 11.4. The Morgan fingerprint density at radius 2 is 2.27 bits per heavy atom. The third-order valence-electron chi connectivity index (χ3n) is 1.65. The van der Waals surface area contributed by atoms with E-state index < -0.39 is 11.8 Å². The van der Waals surface area contributed by atoms with Gasteiger partial charge in [0.05, 0.1) is 0 Å². The molecule has 0 unspecified atom stereocenters. The SMILES string of the molecule is C=C(C)COc1ccc(F)cc1C(=O)O. The Hall–Kier alpha value is -1.84. The van der Waals surface area contributed by atoms with Gasteiger partial charge in [-0.2, -0.15) is 0 Å². The number of carbonyl (C=O) groups is 1. The van der Waals surface area contributed by atoms with E-state index in [1.54, 1.807) is 6.92 Å². The Morgan fingerprint density at radius 1 is 1.60 bits per heavy atom. The molecule has 1 rings (SSSR count). The van der Waals surface area contributed by atoms with E-state index in [1.807, 2.05) is 0 Å². The molecule has 0 aliphatic rings. The lowest BCUT2D eigenvalue weighted by Crippen LogP contribution is -2.05. The van der Waals surface area contributed by atoms with Crippen molar-refractivity contribution in [2.45, 2.75) is 6.92 Å². The molecule has 1 aromatic rings. The summed E-state index contributed by atoms with van der Waals surface area (Å²) in [5.74, 6) is -1.67. The zero-order valence-electron chi connectivity index (χ0n) is 8.29. The maximum absolute atomic E-state index is 12.8. The van der Waals surface area contributed by atoms with Crippen molar-refractivity contribution < 1.29 is 19.0 Å². The van der Waals surface area contributed by atoms with E-state index in [4.69, 9.17) is 9.84 Å². The van der Waals surface area contributed by atoms with Crippen molar-refractivity contribution in [3.63, 3.8) is 0 Å². The van der Waals surface area contributed by atoms with Crippen molar-refractivity contribution in [2.24, 2.45) is 0 Å². The Bertz CT molecular complexity index is 399. The number of halogens is 1. The Kier molecular flexibility index (Phi) is 3.44. The molecule has 0 bridgehead atoms. The first kappa shape index (κ1) is 11.2. The van der Waals surface area contributed by atoms with Crippen molar-refractivity contribution >= 4 is 5.97 Å². The number of carboxylic acid groups (broad SMARTS) is 1. The molecular formula is C11H11FO3. The molecule has 0 saturated heterocycles. The highest BCUT2D eigenvalue weighted by Crippen LogP contribution is 2.20. The molecule has 3 nitrogen and oxygen atoms in total. The molecule has 1 aromatic carbocycles.